The summed E-state index contributed by atoms with van der Waals surface area (Å²) in [5.74, 6) is -1.26. The van der Waals surface area contributed by atoms with E-state index in [1.165, 1.54) is 0 Å². The molecule has 0 unspecified atom stereocenters. The molecule has 0 saturated heterocycles. The number of rotatable bonds is 9. The fourth-order valence-electron chi connectivity index (χ4n) is 3.10. The largest absolute Gasteiger partial charge is 0.508 e. The quantitative estimate of drug-likeness (QED) is 0.290. The second-order valence-electron chi connectivity index (χ2n) is 7.42. The standard InChI is InChI=1S/C17H11Cl3F6O9S4/c1-2-8-5-11(16(23,24)38(19,32)33)14(12(6-8)17(25,26)39(20,34)35)36(28,29)13-4-3-9(27)7-10(13)15(21,22)37(18,30)31/h3-7,27H,2H2,1H3. The minimum Gasteiger partial charge on any atom is -0.508 e. The summed E-state index contributed by atoms with van der Waals surface area (Å²) in [7, 11) is -11.0. The average molecular weight is 708 g/mol. The Hall–Kier alpha value is -1.51. The third-order valence-corrected chi connectivity index (χ3v) is 11.1. The van der Waals surface area contributed by atoms with Crippen LogP contribution >= 0.6 is 32.0 Å². The van der Waals surface area contributed by atoms with Crippen molar-refractivity contribution in [1.82, 2.24) is 0 Å². The van der Waals surface area contributed by atoms with E-state index in [4.69, 9.17) is 21.4 Å². The van der Waals surface area contributed by atoms with Crippen LogP contribution in [0.25, 0.3) is 0 Å². The second-order valence-corrected chi connectivity index (χ2v) is 17.1. The Bertz CT molecular complexity index is 1710. The van der Waals surface area contributed by atoms with Gasteiger partial charge in [0.15, 0.2) is 0 Å². The molecule has 9 nitrogen and oxygen atoms in total. The van der Waals surface area contributed by atoms with Crippen molar-refractivity contribution in [3.05, 3.63) is 52.6 Å². The fraction of sp³-hybridized carbons (Fsp3) is 0.294. The van der Waals surface area contributed by atoms with Crippen LogP contribution in [0.2, 0.25) is 0 Å². The molecule has 0 amide bonds. The van der Waals surface area contributed by atoms with Crippen LogP contribution in [0.15, 0.2) is 40.1 Å². The molecule has 2 aromatic rings. The van der Waals surface area contributed by atoms with Crippen molar-refractivity contribution in [2.45, 2.75) is 38.9 Å². The number of aryl methyl sites for hydroxylation is 1. The van der Waals surface area contributed by atoms with E-state index in [2.05, 4.69) is 10.7 Å². The summed E-state index contributed by atoms with van der Waals surface area (Å²) in [6.45, 7) is 1.10. The lowest BCUT2D eigenvalue weighted by atomic mass is 10.0. The van der Waals surface area contributed by atoms with Gasteiger partial charge < -0.3 is 5.11 Å². The number of aromatic hydroxyl groups is 1. The summed E-state index contributed by atoms with van der Waals surface area (Å²) in [4.78, 5) is -4.65. The van der Waals surface area contributed by atoms with Gasteiger partial charge in [-0.15, -0.1) is 0 Å². The Labute approximate surface area is 230 Å². The number of halogens is 9. The van der Waals surface area contributed by atoms with Gasteiger partial charge in [-0.25, -0.2) is 33.7 Å². The first-order valence-electron chi connectivity index (χ1n) is 9.38. The fourth-order valence-corrected chi connectivity index (χ4v) is 7.22. The molecular weight excluding hydrogens is 697 g/mol. The monoisotopic (exact) mass is 706 g/mol. The van der Waals surface area contributed by atoms with Gasteiger partial charge in [0, 0.05) is 32.0 Å². The molecule has 39 heavy (non-hydrogen) atoms. The Morgan fingerprint density at radius 3 is 1.36 bits per heavy atom. The van der Waals surface area contributed by atoms with Crippen LogP contribution < -0.4 is 0 Å². The van der Waals surface area contributed by atoms with E-state index < -0.39 is 97.0 Å². The maximum atomic E-state index is 15.0. The van der Waals surface area contributed by atoms with E-state index in [9.17, 15) is 47.6 Å². The summed E-state index contributed by atoms with van der Waals surface area (Å²) in [6, 6.07) is 0.0465. The Balaban J connectivity index is 3.38. The minimum absolute atomic E-state index is 0.0176. The van der Waals surface area contributed by atoms with Crippen LogP contribution in [-0.2, 0) is 59.2 Å². The second kappa shape index (κ2) is 10.1. The Kier molecular flexibility index (Phi) is 8.72. The summed E-state index contributed by atoms with van der Waals surface area (Å²) in [6.07, 6.45) is -0.538. The highest BCUT2D eigenvalue weighted by Crippen LogP contribution is 2.50. The molecule has 2 aromatic carbocycles. The third-order valence-electron chi connectivity index (χ3n) is 4.94. The van der Waals surface area contributed by atoms with Gasteiger partial charge in [0.1, 0.15) is 5.75 Å². The van der Waals surface area contributed by atoms with E-state index >= 15 is 17.6 Å². The molecule has 0 aliphatic rings. The van der Waals surface area contributed by atoms with Gasteiger partial charge in [-0.1, -0.05) is 6.92 Å². The zero-order valence-electron chi connectivity index (χ0n) is 18.3. The molecule has 0 aromatic heterocycles. The summed E-state index contributed by atoms with van der Waals surface area (Å²) in [5.41, 5.74) is -7.81. The molecule has 1 N–H and O–H groups in total. The normalized spacial score (nSPS) is 14.4. The summed E-state index contributed by atoms with van der Waals surface area (Å²) < 4.78 is 186. The predicted octanol–water partition coefficient (Wildman–Crippen LogP) is 4.64. The van der Waals surface area contributed by atoms with E-state index in [0.29, 0.717) is 0 Å². The van der Waals surface area contributed by atoms with Gasteiger partial charge in [-0.05, 0) is 42.3 Å². The molecule has 0 aliphatic heterocycles. The maximum Gasteiger partial charge on any atom is 0.386 e. The van der Waals surface area contributed by atoms with Crippen LogP contribution in [0.5, 0.6) is 5.75 Å². The minimum atomic E-state index is -6.42. The van der Waals surface area contributed by atoms with Crippen molar-refractivity contribution in [1.29, 1.82) is 0 Å². The molecule has 0 heterocycles. The number of alkyl halides is 6. The van der Waals surface area contributed by atoms with Crippen molar-refractivity contribution in [3.63, 3.8) is 0 Å². The smallest absolute Gasteiger partial charge is 0.386 e. The molecule has 0 bridgehead atoms. The van der Waals surface area contributed by atoms with Gasteiger partial charge in [0.25, 0.3) is 0 Å². The van der Waals surface area contributed by atoms with Gasteiger partial charge in [0.05, 0.1) is 26.5 Å². The lowest BCUT2D eigenvalue weighted by molar-refractivity contribution is 0.0796. The first kappa shape index (κ1) is 33.7. The lowest BCUT2D eigenvalue weighted by Gasteiger charge is -2.25. The lowest BCUT2D eigenvalue weighted by Crippen LogP contribution is -2.31. The van der Waals surface area contributed by atoms with Crippen LogP contribution in [0.4, 0.5) is 26.3 Å². The summed E-state index contributed by atoms with van der Waals surface area (Å²) in [5, 5.41) is -7.12. The average Bonchev–Trinajstić information content (AvgIpc) is 2.75. The van der Waals surface area contributed by atoms with Crippen LogP contribution in [0.3, 0.4) is 0 Å². The van der Waals surface area contributed by atoms with E-state index in [-0.39, 0.29) is 30.3 Å². The van der Waals surface area contributed by atoms with Gasteiger partial charge >= 0.3 is 42.9 Å². The van der Waals surface area contributed by atoms with E-state index in [1.54, 1.807) is 0 Å². The third kappa shape index (κ3) is 5.80. The molecule has 0 fully saturated rings. The van der Waals surface area contributed by atoms with Crippen molar-refractivity contribution in [2.75, 3.05) is 0 Å². The highest BCUT2D eigenvalue weighted by molar-refractivity contribution is 8.14. The molecule has 2 rings (SSSR count). The Morgan fingerprint density at radius 1 is 0.667 bits per heavy atom. The molecule has 0 spiro atoms. The molecule has 22 heteroatoms. The highest BCUT2D eigenvalue weighted by Gasteiger charge is 2.57. The molecule has 0 radical (unpaired) electrons. The van der Waals surface area contributed by atoms with Crippen molar-refractivity contribution in [3.8, 4) is 5.75 Å². The van der Waals surface area contributed by atoms with Gasteiger partial charge in [0.2, 0.25) is 9.84 Å². The SMILES string of the molecule is CCc1cc(C(F)(F)S(=O)(=O)Cl)c(S(=O)(=O)c2ccc(O)cc2C(F)(F)S(=O)(=O)Cl)c(C(F)(F)S(=O)(=O)Cl)c1. The van der Waals surface area contributed by atoms with Crippen LogP contribution in [0.1, 0.15) is 29.2 Å². The number of hydrogen-bond acceptors (Lipinski definition) is 9. The number of sulfone groups is 1. The van der Waals surface area contributed by atoms with Crippen molar-refractivity contribution >= 4 is 69.0 Å². The highest BCUT2D eigenvalue weighted by atomic mass is 35.7. The van der Waals surface area contributed by atoms with Gasteiger partial charge in [-0.3, -0.25) is 0 Å². The van der Waals surface area contributed by atoms with Crippen LogP contribution in [-0.4, -0.2) is 38.8 Å². The van der Waals surface area contributed by atoms with Crippen molar-refractivity contribution in [2.24, 2.45) is 0 Å². The Morgan fingerprint density at radius 2 is 1.03 bits per heavy atom. The first-order valence-corrected chi connectivity index (χ1v) is 17.8. The van der Waals surface area contributed by atoms with E-state index in [1.807, 2.05) is 0 Å². The maximum absolute atomic E-state index is 15.0. The zero-order valence-corrected chi connectivity index (χ0v) is 23.9. The van der Waals surface area contributed by atoms with Crippen molar-refractivity contribution < 1.29 is 65.1 Å². The predicted molar refractivity (Wildman–Crippen MR) is 125 cm³/mol. The van der Waals surface area contributed by atoms with E-state index in [0.717, 1.165) is 6.92 Å². The topological polar surface area (TPSA) is 157 Å². The molecule has 0 saturated carbocycles. The number of phenols is 1. The summed E-state index contributed by atoms with van der Waals surface area (Å²) >= 11 is 0. The number of hydrogen-bond donors (Lipinski definition) is 1. The molecule has 0 atom stereocenters. The molecule has 220 valence electrons. The zero-order chi connectivity index (χ0) is 30.8. The number of benzene rings is 2. The first-order chi connectivity index (χ1) is 17.2. The van der Waals surface area contributed by atoms with Gasteiger partial charge in [-0.2, -0.15) is 26.3 Å². The molecule has 0 aliphatic carbocycles. The van der Waals surface area contributed by atoms with Crippen LogP contribution in [0, 0.1) is 0 Å². The number of phenolic OH excluding ortho intramolecular Hbond substituents is 1. The molecular formula is C17H11Cl3F6O9S4.